The first-order valence-electron chi connectivity index (χ1n) is 15.2. The highest BCUT2D eigenvalue weighted by atomic mass is 31.2. The molecule has 0 saturated heterocycles. The van der Waals surface area contributed by atoms with Crippen LogP contribution in [0.4, 0.5) is 0 Å². The van der Waals surface area contributed by atoms with Crippen LogP contribution in [0.1, 0.15) is 19.8 Å². The third kappa shape index (κ3) is 5.39. The van der Waals surface area contributed by atoms with Gasteiger partial charge >= 0.3 is 0 Å². The van der Waals surface area contributed by atoms with E-state index < -0.39 is 14.8 Å². The van der Waals surface area contributed by atoms with Crippen LogP contribution in [0, 0.1) is 0 Å². The van der Waals surface area contributed by atoms with Gasteiger partial charge in [0.1, 0.15) is 31.8 Å². The van der Waals surface area contributed by atoms with Crippen LogP contribution in [0.3, 0.4) is 0 Å². The molecule has 0 unspecified atom stereocenters. The minimum Gasteiger partial charge on any atom is -0.0653 e. The Morgan fingerprint density at radius 1 is 0.349 bits per heavy atom. The maximum atomic E-state index is 3.03. The van der Waals surface area contributed by atoms with Crippen molar-refractivity contribution in [3.63, 3.8) is 0 Å². The van der Waals surface area contributed by atoms with E-state index in [-0.39, 0.29) is 0 Å². The van der Waals surface area contributed by atoms with Gasteiger partial charge in [0.05, 0.1) is 6.54 Å². The van der Waals surface area contributed by atoms with E-state index in [1.165, 1.54) is 31.8 Å². The molecule has 0 atom stereocenters. The van der Waals surface area contributed by atoms with Gasteiger partial charge < -0.3 is 0 Å². The van der Waals surface area contributed by atoms with E-state index in [9.17, 15) is 0 Å². The van der Waals surface area contributed by atoms with Crippen molar-refractivity contribution in [3.05, 3.63) is 182 Å². The van der Waals surface area contributed by atoms with Gasteiger partial charge in [-0.25, -0.2) is 0 Å². The lowest BCUT2D eigenvalue weighted by molar-refractivity contribution is 0.638. The van der Waals surface area contributed by atoms with Crippen LogP contribution in [-0.2, 0) is 0 Å². The van der Waals surface area contributed by atoms with Crippen molar-refractivity contribution in [1.82, 2.24) is 4.44 Å². The van der Waals surface area contributed by atoms with E-state index in [1.807, 2.05) is 0 Å². The summed E-state index contributed by atoms with van der Waals surface area (Å²) in [5.41, 5.74) is 0. The summed E-state index contributed by atoms with van der Waals surface area (Å²) in [4.78, 5) is 0. The van der Waals surface area contributed by atoms with E-state index in [0.717, 1.165) is 19.4 Å². The fourth-order valence-electron chi connectivity index (χ4n) is 6.36. The molecule has 212 valence electrons. The van der Waals surface area contributed by atoms with Crippen molar-refractivity contribution in [2.24, 2.45) is 0 Å². The molecule has 6 rings (SSSR count). The quantitative estimate of drug-likeness (QED) is 0.138. The highest BCUT2D eigenvalue weighted by molar-refractivity contribution is 8.06. The third-order valence-electron chi connectivity index (χ3n) is 8.18. The molecule has 43 heavy (non-hydrogen) atoms. The Morgan fingerprint density at radius 3 is 0.744 bits per heavy atom. The number of benzene rings is 6. The molecule has 0 aliphatic heterocycles. The van der Waals surface area contributed by atoms with Crippen LogP contribution in [0.5, 0.6) is 0 Å². The average Bonchev–Trinajstić information content (AvgIpc) is 3.10. The van der Waals surface area contributed by atoms with Gasteiger partial charge in [-0.1, -0.05) is 123 Å². The van der Waals surface area contributed by atoms with Gasteiger partial charge in [0.2, 0.25) is 14.8 Å². The van der Waals surface area contributed by atoms with E-state index in [1.54, 1.807) is 0 Å². The largest absolute Gasteiger partial charge is 0.219 e. The highest BCUT2D eigenvalue weighted by Gasteiger charge is 2.67. The first-order valence-corrected chi connectivity index (χ1v) is 18.7. The summed E-state index contributed by atoms with van der Waals surface area (Å²) >= 11 is 0. The summed E-state index contributed by atoms with van der Waals surface area (Å²) < 4.78 is 3.03. The molecule has 0 fully saturated rings. The summed E-state index contributed by atoms with van der Waals surface area (Å²) in [5, 5.41) is 8.31. The minimum atomic E-state index is -2.43. The van der Waals surface area contributed by atoms with Gasteiger partial charge in [0, 0.05) is 0 Å². The Labute approximate surface area is 258 Å². The second-order valence-corrected chi connectivity index (χ2v) is 17.7. The van der Waals surface area contributed by atoms with Gasteiger partial charge in [0.15, 0.2) is 0 Å². The number of rotatable bonds is 11. The smallest absolute Gasteiger partial charge is 0.0653 e. The Morgan fingerprint density at radius 2 is 0.558 bits per heavy atom. The molecule has 0 heterocycles. The van der Waals surface area contributed by atoms with Gasteiger partial charge in [0.25, 0.3) is 0 Å². The van der Waals surface area contributed by atoms with Crippen molar-refractivity contribution >= 4 is 46.7 Å². The molecular formula is C40H39NP2+2. The molecule has 6 aromatic carbocycles. The van der Waals surface area contributed by atoms with Gasteiger partial charge in [-0.2, -0.15) is 0 Å². The van der Waals surface area contributed by atoms with E-state index in [2.05, 4.69) is 193 Å². The zero-order chi connectivity index (χ0) is 29.4. The van der Waals surface area contributed by atoms with Gasteiger partial charge in [-0.3, -0.25) is 0 Å². The zero-order valence-electron chi connectivity index (χ0n) is 24.8. The summed E-state index contributed by atoms with van der Waals surface area (Å²) in [7, 11) is -4.86. The van der Waals surface area contributed by atoms with Crippen molar-refractivity contribution in [3.8, 4) is 0 Å². The lowest BCUT2D eigenvalue weighted by Gasteiger charge is -2.42. The molecule has 0 aliphatic carbocycles. The van der Waals surface area contributed by atoms with E-state index >= 15 is 0 Å². The second-order valence-electron chi connectivity index (χ2n) is 10.7. The topological polar surface area (TPSA) is 3.24 Å². The van der Waals surface area contributed by atoms with Crippen molar-refractivity contribution in [1.29, 1.82) is 0 Å². The standard InChI is InChI=1S/C40H39NP2/c1-2-3-34-41(42(35-22-10-4-11-23-35,36-24-12-5-13-25-36)37-26-14-6-15-27-37)43(38-28-16-7-17-29-38,39-30-18-8-19-31-39)40-32-20-9-21-33-40/h4-33H,2-3,34H2,1H3/q+2. The Hall–Kier alpha value is -3.86. The molecule has 0 aromatic heterocycles. The van der Waals surface area contributed by atoms with Crippen LogP contribution >= 0.6 is 14.8 Å². The van der Waals surface area contributed by atoms with Crippen LogP contribution < -0.4 is 31.8 Å². The first kappa shape index (κ1) is 29.2. The van der Waals surface area contributed by atoms with Crippen molar-refractivity contribution in [2.75, 3.05) is 6.54 Å². The number of nitrogens with zero attached hydrogens (tertiary/aromatic N) is 1. The van der Waals surface area contributed by atoms with Crippen molar-refractivity contribution < 1.29 is 0 Å². The molecule has 0 radical (unpaired) electrons. The van der Waals surface area contributed by atoms with Crippen LogP contribution in [0.2, 0.25) is 0 Å². The molecule has 0 amide bonds. The fourth-order valence-corrected chi connectivity index (χ4v) is 17.7. The van der Waals surface area contributed by atoms with Crippen molar-refractivity contribution in [2.45, 2.75) is 19.8 Å². The van der Waals surface area contributed by atoms with Crippen LogP contribution in [0.15, 0.2) is 182 Å². The van der Waals surface area contributed by atoms with Crippen LogP contribution in [-0.4, -0.2) is 11.0 Å². The summed E-state index contributed by atoms with van der Waals surface area (Å²) in [5.74, 6) is 0. The zero-order valence-corrected chi connectivity index (χ0v) is 26.6. The number of unbranched alkanes of at least 4 members (excludes halogenated alkanes) is 1. The SMILES string of the molecule is CCCCN([P+](c1ccccc1)(c1ccccc1)c1ccccc1)[P+](c1ccccc1)(c1ccccc1)c1ccccc1. The number of hydrogen-bond acceptors (Lipinski definition) is 1. The lowest BCUT2D eigenvalue weighted by Crippen LogP contribution is -2.50. The monoisotopic (exact) mass is 595 g/mol. The Balaban J connectivity index is 1.85. The molecule has 0 spiro atoms. The van der Waals surface area contributed by atoms with Crippen LogP contribution in [0.25, 0.3) is 0 Å². The first-order chi connectivity index (χ1) is 21.3. The fraction of sp³-hybridized carbons (Fsp3) is 0.100. The molecular weight excluding hydrogens is 556 g/mol. The summed E-state index contributed by atoms with van der Waals surface area (Å²) in [6.45, 7) is 3.29. The molecule has 6 aromatic rings. The minimum absolute atomic E-state index is 0.968. The maximum Gasteiger partial charge on any atom is 0.219 e. The molecule has 1 nitrogen and oxygen atoms in total. The predicted octanol–water partition coefficient (Wildman–Crippen LogP) is 7.91. The molecule has 3 heteroatoms. The molecule has 0 saturated carbocycles. The summed E-state index contributed by atoms with van der Waals surface area (Å²) in [6, 6.07) is 68.1. The average molecular weight is 596 g/mol. The predicted molar refractivity (Wildman–Crippen MR) is 192 cm³/mol. The molecule has 0 N–H and O–H groups in total. The maximum absolute atomic E-state index is 3.03. The highest BCUT2D eigenvalue weighted by Crippen LogP contribution is 2.75. The second kappa shape index (κ2) is 13.6. The Bertz CT molecular complexity index is 1360. The molecule has 0 bridgehead atoms. The number of hydrogen-bond donors (Lipinski definition) is 0. The normalized spacial score (nSPS) is 11.9. The molecule has 0 aliphatic rings. The summed E-state index contributed by atoms with van der Waals surface area (Å²) in [6.07, 6.45) is 2.22. The van der Waals surface area contributed by atoms with E-state index in [4.69, 9.17) is 0 Å². The van der Waals surface area contributed by atoms with Gasteiger partial charge in [-0.05, 0) is 83.7 Å². The Kier molecular flexibility index (Phi) is 9.26. The van der Waals surface area contributed by atoms with Gasteiger partial charge in [-0.15, -0.1) is 0 Å². The van der Waals surface area contributed by atoms with E-state index in [0.29, 0.717) is 0 Å². The lowest BCUT2D eigenvalue weighted by atomic mass is 10.3. The third-order valence-corrected chi connectivity index (χ3v) is 17.9.